The molecule has 11 rings (SSSR count). The van der Waals surface area contributed by atoms with Crippen molar-refractivity contribution in [3.05, 3.63) is 188 Å². The maximum absolute atomic E-state index is 9.82. The van der Waals surface area contributed by atoms with Crippen molar-refractivity contribution in [1.29, 1.82) is 0 Å². The summed E-state index contributed by atoms with van der Waals surface area (Å²) in [5.74, 6) is 0. The average molecular weight is 672 g/mol. The second-order valence-electron chi connectivity index (χ2n) is 11.7. The number of nitrogens with zero attached hydrogens (tertiary/aromatic N) is 3. The van der Waals surface area contributed by atoms with Crippen LogP contribution in [0.5, 0.6) is 0 Å². The molecule has 3 heteroatoms. The molecule has 3 nitrogen and oxygen atoms in total. The van der Waals surface area contributed by atoms with Gasteiger partial charge in [0.1, 0.15) is 0 Å². The Labute approximate surface area is 325 Å². The Morgan fingerprint density at radius 3 is 1.47 bits per heavy atom. The fourth-order valence-electron chi connectivity index (χ4n) is 7.00. The van der Waals surface area contributed by atoms with E-state index in [9.17, 15) is 16.4 Å². The predicted molar refractivity (Wildman–Crippen MR) is 215 cm³/mol. The van der Waals surface area contributed by atoms with Crippen LogP contribution in [0.15, 0.2) is 188 Å². The molecular formula is C48H31N3. The minimum Gasteiger partial charge on any atom is -0.309 e. The van der Waals surface area contributed by atoms with Gasteiger partial charge in [-0.25, -0.2) is 0 Å². The molecule has 0 saturated carbocycles. The first-order valence-electron chi connectivity index (χ1n) is 26.7. The van der Waals surface area contributed by atoms with Gasteiger partial charge in [-0.3, -0.25) is 0 Å². The summed E-state index contributed by atoms with van der Waals surface area (Å²) in [6.45, 7) is 0. The molecule has 8 aromatic carbocycles. The first-order chi connectivity index (χ1) is 34.5. The second kappa shape index (κ2) is 10.8. The predicted octanol–water partition coefficient (Wildman–Crippen LogP) is 12.6. The van der Waals surface area contributed by atoms with Crippen molar-refractivity contribution in [1.82, 2.24) is 13.7 Å². The first-order valence-corrected chi connectivity index (χ1v) is 15.7. The SMILES string of the molecule is [2H]c1c([2H])c([2H])c2c(c1[2H])c1c(-n3c4c([2H])c([2H])c([2H])c([2H])c4c4c([2H])c([2H])c([2H])c(-n5c6c([2H])c([2H])c([2H])c([2H])c6c6c([2H])c([2H])c([2H])c([2H])c65)c43)c([2H])c([2H])c([2H])c1n2-c1ccc(-c2ccccc2)cc1. The van der Waals surface area contributed by atoms with E-state index < -0.39 is 188 Å². The number of hydrogen-bond donors (Lipinski definition) is 0. The summed E-state index contributed by atoms with van der Waals surface area (Å²) in [5, 5.41) is -2.54. The van der Waals surface area contributed by atoms with E-state index in [0.29, 0.717) is 0 Å². The molecule has 51 heavy (non-hydrogen) atoms. The number of benzene rings is 8. The summed E-state index contributed by atoms with van der Waals surface area (Å²) in [6.07, 6.45) is 0. The Hall–Kier alpha value is -6.84. The minimum absolute atomic E-state index is 0.223. The van der Waals surface area contributed by atoms with Gasteiger partial charge in [-0.05, 0) is 65.6 Å². The number of aromatic nitrogens is 3. The van der Waals surface area contributed by atoms with E-state index in [1.165, 1.54) is 4.57 Å². The second-order valence-corrected chi connectivity index (χ2v) is 11.7. The highest BCUT2D eigenvalue weighted by molar-refractivity contribution is 6.18. The van der Waals surface area contributed by atoms with Crippen molar-refractivity contribution in [3.8, 4) is 28.2 Å². The molecule has 3 aromatic heterocycles. The zero-order valence-corrected chi connectivity index (χ0v) is 26.0. The Balaban J connectivity index is 1.48. The molecule has 0 bridgehead atoms. The molecule has 0 amide bonds. The van der Waals surface area contributed by atoms with Crippen molar-refractivity contribution in [2.24, 2.45) is 0 Å². The van der Waals surface area contributed by atoms with E-state index in [4.69, 9.17) is 13.7 Å². The van der Waals surface area contributed by atoms with Crippen LogP contribution in [0.25, 0.3) is 93.6 Å². The number of para-hydroxylation sites is 5. The van der Waals surface area contributed by atoms with Gasteiger partial charge in [0.25, 0.3) is 0 Å². The molecule has 0 aliphatic rings. The summed E-state index contributed by atoms with van der Waals surface area (Å²) in [4.78, 5) is 0. The van der Waals surface area contributed by atoms with Crippen LogP contribution in [-0.2, 0) is 0 Å². The van der Waals surface area contributed by atoms with E-state index in [2.05, 4.69) is 0 Å². The lowest BCUT2D eigenvalue weighted by atomic mass is 10.1. The molecule has 0 spiro atoms. The van der Waals surface area contributed by atoms with Gasteiger partial charge < -0.3 is 13.7 Å². The highest BCUT2D eigenvalue weighted by Crippen LogP contribution is 2.43. The van der Waals surface area contributed by atoms with Gasteiger partial charge in [-0.15, -0.1) is 0 Å². The third-order valence-electron chi connectivity index (χ3n) is 9.11. The summed E-state index contributed by atoms with van der Waals surface area (Å²) in [7, 11) is 0. The van der Waals surface area contributed by atoms with Crippen molar-refractivity contribution in [3.63, 3.8) is 0 Å². The fraction of sp³-hybridized carbons (Fsp3) is 0. The number of fused-ring (bicyclic) bond motifs is 9. The Morgan fingerprint density at radius 1 is 0.333 bits per heavy atom. The van der Waals surface area contributed by atoms with Crippen LogP contribution in [0.3, 0.4) is 0 Å². The summed E-state index contributed by atoms with van der Waals surface area (Å²) >= 11 is 0. The molecule has 0 aliphatic heterocycles. The van der Waals surface area contributed by atoms with Gasteiger partial charge in [0.15, 0.2) is 0 Å². The van der Waals surface area contributed by atoms with E-state index in [-0.39, 0.29) is 27.5 Å². The first kappa shape index (κ1) is 14.2. The van der Waals surface area contributed by atoms with Gasteiger partial charge in [-0.2, -0.15) is 0 Å². The Kier molecular flexibility index (Phi) is 3.01. The van der Waals surface area contributed by atoms with Crippen LogP contribution < -0.4 is 0 Å². The third kappa shape index (κ3) is 4.00. The zero-order chi connectivity index (χ0) is 52.6. The zero-order valence-electron chi connectivity index (χ0n) is 48.0. The van der Waals surface area contributed by atoms with E-state index in [1.807, 2.05) is 30.3 Å². The molecule has 11 aromatic rings. The molecule has 0 fully saturated rings. The highest BCUT2D eigenvalue weighted by Gasteiger charge is 2.22. The molecule has 238 valence electrons. The molecule has 0 saturated heterocycles. The average Bonchev–Trinajstić information content (AvgIpc) is 4.05. The van der Waals surface area contributed by atoms with Crippen LogP contribution in [0.1, 0.15) is 30.2 Å². The van der Waals surface area contributed by atoms with Crippen LogP contribution in [-0.4, -0.2) is 13.7 Å². The molecular weight excluding hydrogens is 619 g/mol. The van der Waals surface area contributed by atoms with Gasteiger partial charge in [0.2, 0.25) is 0 Å². The third-order valence-corrected chi connectivity index (χ3v) is 9.11. The van der Waals surface area contributed by atoms with Crippen molar-refractivity contribution < 1.29 is 30.2 Å². The Bertz CT molecular complexity index is 4310. The quantitative estimate of drug-likeness (QED) is 0.177. The topological polar surface area (TPSA) is 14.8 Å². The largest absolute Gasteiger partial charge is 0.309 e. The Morgan fingerprint density at radius 2 is 0.804 bits per heavy atom. The van der Waals surface area contributed by atoms with E-state index in [1.54, 1.807) is 24.3 Å². The van der Waals surface area contributed by atoms with Crippen LogP contribution >= 0.6 is 0 Å². The summed E-state index contributed by atoms with van der Waals surface area (Å²) in [6, 6.07) is -1.54. The van der Waals surface area contributed by atoms with Crippen LogP contribution in [0.2, 0.25) is 0 Å². The summed E-state index contributed by atoms with van der Waals surface area (Å²) < 4.78 is 205. The van der Waals surface area contributed by atoms with Gasteiger partial charge >= 0.3 is 0 Å². The van der Waals surface area contributed by atoms with Crippen molar-refractivity contribution in [2.45, 2.75) is 0 Å². The molecule has 3 heterocycles. The number of hydrogen-bond acceptors (Lipinski definition) is 0. The lowest BCUT2D eigenvalue weighted by molar-refractivity contribution is 1.14. The van der Waals surface area contributed by atoms with Crippen LogP contribution in [0, 0.1) is 0 Å². The lowest BCUT2D eigenvalue weighted by Crippen LogP contribution is -2.01. The molecule has 0 atom stereocenters. The monoisotopic (exact) mass is 671 g/mol. The number of rotatable bonds is 4. The molecule has 0 radical (unpaired) electrons. The minimum atomic E-state index is -0.927. The van der Waals surface area contributed by atoms with Gasteiger partial charge in [0.05, 0.1) is 74.6 Å². The smallest absolute Gasteiger partial charge is 0.0782 e. The summed E-state index contributed by atoms with van der Waals surface area (Å²) in [5.41, 5.74) is -2.16. The highest BCUT2D eigenvalue weighted by atomic mass is 15.1. The maximum Gasteiger partial charge on any atom is 0.0782 e. The maximum atomic E-state index is 9.82. The van der Waals surface area contributed by atoms with Crippen molar-refractivity contribution >= 4 is 65.4 Å². The normalized spacial score (nSPS) is 18.0. The van der Waals surface area contributed by atoms with E-state index in [0.717, 1.165) is 20.3 Å². The van der Waals surface area contributed by atoms with E-state index >= 15 is 0 Å². The van der Waals surface area contributed by atoms with Crippen molar-refractivity contribution in [2.75, 3.05) is 0 Å². The fourth-order valence-corrected chi connectivity index (χ4v) is 7.00. The standard InChI is InChI=1S/C48H31N3/c1-2-14-32(15-3-1)33-28-30-34(31-29-33)49-43-24-11-7-19-39(43)47-44(49)25-13-26-45(47)51-42-23-10-6-18-37(42)38-20-12-27-46(48(38)51)50-40-21-8-4-16-35(40)36-17-5-9-22-41(36)50/h1-31H/i4D,5D,6D,7D,8D,9D,10D,11D,12D,13D,16D,17D,18D,19D,20D,21D,22D,23D,24D,25D,26D,27D. The molecule has 0 N–H and O–H groups in total. The molecule has 0 aliphatic carbocycles. The van der Waals surface area contributed by atoms with Gasteiger partial charge in [0, 0.05) is 38.0 Å². The lowest BCUT2D eigenvalue weighted by Gasteiger charge is -2.15. The van der Waals surface area contributed by atoms with Crippen LogP contribution in [0.4, 0.5) is 0 Å². The van der Waals surface area contributed by atoms with Gasteiger partial charge in [-0.1, -0.05) is 133 Å². The molecule has 0 unspecified atom stereocenters.